The number of rotatable bonds is 8. The fourth-order valence-electron chi connectivity index (χ4n) is 2.63. The van der Waals surface area contributed by atoms with Crippen molar-refractivity contribution >= 4 is 15.9 Å². The molecule has 6 heteroatoms. The second-order valence-electron chi connectivity index (χ2n) is 6.97. The van der Waals surface area contributed by atoms with Gasteiger partial charge < -0.3 is 4.90 Å². The average molecular weight is 389 g/mol. The van der Waals surface area contributed by atoms with E-state index in [2.05, 4.69) is 4.72 Å². The summed E-state index contributed by atoms with van der Waals surface area (Å²) < 4.78 is 27.3. The van der Waals surface area contributed by atoms with Crippen molar-refractivity contribution in [1.82, 2.24) is 9.62 Å². The Hall–Kier alpha value is -2.18. The molecule has 0 aliphatic heterocycles. The summed E-state index contributed by atoms with van der Waals surface area (Å²) in [5, 5.41) is 0. The van der Waals surface area contributed by atoms with E-state index in [4.69, 9.17) is 0 Å². The monoisotopic (exact) mass is 388 g/mol. The van der Waals surface area contributed by atoms with Crippen LogP contribution in [0, 0.1) is 0 Å². The number of nitrogens with one attached hydrogen (secondary N) is 1. The highest BCUT2D eigenvalue weighted by Crippen LogP contribution is 2.16. The molecule has 0 bridgehead atoms. The first kappa shape index (κ1) is 21.1. The number of carbonyl (C=O) groups excluding carboxylic acids is 1. The van der Waals surface area contributed by atoms with Crippen molar-refractivity contribution in [1.29, 1.82) is 0 Å². The summed E-state index contributed by atoms with van der Waals surface area (Å²) in [5.74, 6) is -0.118. The fraction of sp³-hybridized carbons (Fsp3) is 0.381. The van der Waals surface area contributed by atoms with Crippen molar-refractivity contribution in [2.45, 2.75) is 57.6 Å². The van der Waals surface area contributed by atoms with E-state index in [0.29, 0.717) is 18.5 Å². The SMILES string of the molecule is CCC(C)NS(=O)(=O)c1ccc(C(=O)N(Cc2ccccc2)C(C)C)cc1. The molecule has 2 rings (SSSR count). The van der Waals surface area contributed by atoms with E-state index in [1.165, 1.54) is 12.1 Å². The largest absolute Gasteiger partial charge is 0.332 e. The minimum absolute atomic E-state index is 0.0215. The van der Waals surface area contributed by atoms with E-state index in [1.807, 2.05) is 58.0 Å². The molecule has 0 aliphatic carbocycles. The third kappa shape index (κ3) is 5.65. The van der Waals surface area contributed by atoms with E-state index >= 15 is 0 Å². The fourth-order valence-corrected chi connectivity index (χ4v) is 3.95. The molecular weight excluding hydrogens is 360 g/mol. The second kappa shape index (κ2) is 9.15. The van der Waals surface area contributed by atoms with Gasteiger partial charge in [-0.2, -0.15) is 0 Å². The van der Waals surface area contributed by atoms with Gasteiger partial charge in [-0.25, -0.2) is 13.1 Å². The lowest BCUT2D eigenvalue weighted by atomic mass is 10.1. The number of hydrogen-bond acceptors (Lipinski definition) is 3. The summed E-state index contributed by atoms with van der Waals surface area (Å²) in [6.45, 7) is 8.18. The molecule has 5 nitrogen and oxygen atoms in total. The van der Waals surface area contributed by atoms with Gasteiger partial charge in [-0.05, 0) is 57.0 Å². The number of carbonyl (C=O) groups is 1. The number of hydrogen-bond donors (Lipinski definition) is 1. The van der Waals surface area contributed by atoms with Gasteiger partial charge in [0.25, 0.3) is 5.91 Å². The molecule has 146 valence electrons. The molecule has 1 atom stereocenters. The van der Waals surface area contributed by atoms with Crippen molar-refractivity contribution in [3.63, 3.8) is 0 Å². The predicted octanol–water partition coefficient (Wildman–Crippen LogP) is 3.81. The smallest absolute Gasteiger partial charge is 0.254 e. The van der Waals surface area contributed by atoms with Gasteiger partial charge in [0.2, 0.25) is 10.0 Å². The minimum atomic E-state index is -3.57. The van der Waals surface area contributed by atoms with Gasteiger partial charge in [-0.15, -0.1) is 0 Å². The molecule has 0 spiro atoms. The van der Waals surface area contributed by atoms with Crippen molar-refractivity contribution in [2.75, 3.05) is 0 Å². The second-order valence-corrected chi connectivity index (χ2v) is 8.68. The molecule has 0 aromatic heterocycles. The maximum atomic E-state index is 12.9. The normalized spacial score (nSPS) is 12.8. The van der Waals surface area contributed by atoms with Gasteiger partial charge in [-0.1, -0.05) is 37.3 Å². The van der Waals surface area contributed by atoms with Gasteiger partial charge >= 0.3 is 0 Å². The average Bonchev–Trinajstić information content (AvgIpc) is 2.66. The maximum absolute atomic E-state index is 12.9. The van der Waals surface area contributed by atoms with E-state index in [1.54, 1.807) is 17.0 Å². The molecule has 0 saturated heterocycles. The summed E-state index contributed by atoms with van der Waals surface area (Å²) in [5.41, 5.74) is 1.53. The molecule has 0 saturated carbocycles. The van der Waals surface area contributed by atoms with Gasteiger partial charge in [0.1, 0.15) is 0 Å². The molecule has 27 heavy (non-hydrogen) atoms. The van der Waals surface area contributed by atoms with Crippen LogP contribution in [-0.4, -0.2) is 31.3 Å². The summed E-state index contributed by atoms with van der Waals surface area (Å²) in [7, 11) is -3.57. The molecule has 1 N–H and O–H groups in total. The highest BCUT2D eigenvalue weighted by atomic mass is 32.2. The summed E-state index contributed by atoms with van der Waals surface area (Å²) in [6.07, 6.45) is 0.707. The molecule has 0 heterocycles. The number of amides is 1. The lowest BCUT2D eigenvalue weighted by molar-refractivity contribution is 0.0690. The lowest BCUT2D eigenvalue weighted by Gasteiger charge is -2.27. The summed E-state index contributed by atoms with van der Waals surface area (Å²) in [6, 6.07) is 15.8. The quantitative estimate of drug-likeness (QED) is 0.748. The van der Waals surface area contributed by atoms with E-state index in [0.717, 1.165) is 5.56 Å². The lowest BCUT2D eigenvalue weighted by Crippen LogP contribution is -2.36. The van der Waals surface area contributed by atoms with E-state index in [-0.39, 0.29) is 22.9 Å². The van der Waals surface area contributed by atoms with Crippen molar-refractivity contribution in [3.8, 4) is 0 Å². The van der Waals surface area contributed by atoms with Crippen LogP contribution in [-0.2, 0) is 16.6 Å². The van der Waals surface area contributed by atoms with Gasteiger partial charge in [-0.3, -0.25) is 4.79 Å². The first-order valence-corrected chi connectivity index (χ1v) is 10.7. The van der Waals surface area contributed by atoms with Gasteiger partial charge in [0.05, 0.1) is 4.90 Å². The first-order valence-electron chi connectivity index (χ1n) is 9.22. The Balaban J connectivity index is 2.20. The number of benzene rings is 2. The molecule has 2 aromatic carbocycles. The van der Waals surface area contributed by atoms with E-state index < -0.39 is 10.0 Å². The van der Waals surface area contributed by atoms with Crippen molar-refractivity contribution < 1.29 is 13.2 Å². The molecule has 2 aromatic rings. The van der Waals surface area contributed by atoms with Crippen LogP contribution < -0.4 is 4.72 Å². The third-order valence-electron chi connectivity index (χ3n) is 4.46. The van der Waals surface area contributed by atoms with E-state index in [9.17, 15) is 13.2 Å². The Morgan fingerprint density at radius 1 is 1.00 bits per heavy atom. The minimum Gasteiger partial charge on any atom is -0.332 e. The van der Waals surface area contributed by atoms with Crippen LogP contribution in [0.2, 0.25) is 0 Å². The Morgan fingerprint density at radius 3 is 2.11 bits per heavy atom. The van der Waals surface area contributed by atoms with Crippen LogP contribution in [0.15, 0.2) is 59.5 Å². The van der Waals surface area contributed by atoms with Crippen LogP contribution in [0.25, 0.3) is 0 Å². The standard InChI is InChI=1S/C21H28N2O3S/c1-5-17(4)22-27(25,26)20-13-11-19(12-14-20)21(24)23(16(2)3)15-18-9-7-6-8-10-18/h6-14,16-17,22H,5,15H2,1-4H3. The van der Waals surface area contributed by atoms with Gasteiger partial charge in [0, 0.05) is 24.2 Å². The Labute approximate surface area is 162 Å². The number of nitrogens with zero attached hydrogens (tertiary/aromatic N) is 1. The molecule has 1 amide bonds. The Bertz CT molecular complexity index is 847. The highest BCUT2D eigenvalue weighted by molar-refractivity contribution is 7.89. The Morgan fingerprint density at radius 2 is 1.59 bits per heavy atom. The molecule has 1 unspecified atom stereocenters. The molecule has 0 fully saturated rings. The maximum Gasteiger partial charge on any atom is 0.254 e. The van der Waals surface area contributed by atoms with Crippen LogP contribution in [0.3, 0.4) is 0 Å². The third-order valence-corrected chi connectivity index (χ3v) is 6.07. The van der Waals surface area contributed by atoms with Gasteiger partial charge in [0.15, 0.2) is 0 Å². The molecule has 0 radical (unpaired) electrons. The zero-order valence-corrected chi connectivity index (χ0v) is 17.2. The zero-order chi connectivity index (χ0) is 20.0. The first-order chi connectivity index (χ1) is 12.7. The Kier molecular flexibility index (Phi) is 7.16. The zero-order valence-electron chi connectivity index (χ0n) is 16.3. The van der Waals surface area contributed by atoms with Crippen LogP contribution in [0.5, 0.6) is 0 Å². The van der Waals surface area contributed by atoms with Crippen LogP contribution >= 0.6 is 0 Å². The number of sulfonamides is 1. The molecule has 0 aliphatic rings. The van der Waals surface area contributed by atoms with Crippen molar-refractivity contribution in [2.24, 2.45) is 0 Å². The predicted molar refractivity (Wildman–Crippen MR) is 108 cm³/mol. The van der Waals surface area contributed by atoms with Crippen molar-refractivity contribution in [3.05, 3.63) is 65.7 Å². The topological polar surface area (TPSA) is 66.5 Å². The molecular formula is C21H28N2O3S. The summed E-state index contributed by atoms with van der Waals surface area (Å²) >= 11 is 0. The van der Waals surface area contributed by atoms with Crippen LogP contribution in [0.1, 0.15) is 50.0 Å². The summed E-state index contributed by atoms with van der Waals surface area (Å²) in [4.78, 5) is 14.9. The highest BCUT2D eigenvalue weighted by Gasteiger charge is 2.21. The van der Waals surface area contributed by atoms with Crippen LogP contribution in [0.4, 0.5) is 0 Å².